The Morgan fingerprint density at radius 1 is 1.12 bits per heavy atom. The molecule has 1 N–H and O–H groups in total. The molecule has 0 atom stereocenters. The van der Waals surface area contributed by atoms with E-state index >= 15 is 0 Å². The van der Waals surface area contributed by atoms with E-state index in [1.807, 2.05) is 30.5 Å². The molecular formula is C14H13NO. The third kappa shape index (κ3) is 2.28. The molecule has 0 saturated carbocycles. The van der Waals surface area contributed by atoms with Crippen LogP contribution in [0.25, 0.3) is 11.1 Å². The highest BCUT2D eigenvalue weighted by Gasteiger charge is 2.02. The van der Waals surface area contributed by atoms with Crippen molar-refractivity contribution in [3.05, 3.63) is 66.7 Å². The molecule has 0 fully saturated rings. The number of nitrogens with zero attached hydrogens (tertiary/aromatic N) is 1. The molecule has 0 amide bonds. The first-order chi connectivity index (χ1) is 7.92. The van der Waals surface area contributed by atoms with E-state index in [4.69, 9.17) is 5.11 Å². The van der Waals surface area contributed by atoms with Gasteiger partial charge in [0, 0.05) is 12.4 Å². The summed E-state index contributed by atoms with van der Waals surface area (Å²) in [5.74, 6) is 0. The van der Waals surface area contributed by atoms with Crippen molar-refractivity contribution in [2.24, 2.45) is 0 Å². The van der Waals surface area contributed by atoms with Crippen molar-refractivity contribution in [2.75, 3.05) is 0 Å². The predicted octanol–water partition coefficient (Wildman–Crippen LogP) is 3.36. The molecule has 0 radical (unpaired) electrons. The monoisotopic (exact) mass is 211 g/mol. The first kappa shape index (κ1) is 10.4. The molecule has 0 saturated heterocycles. The number of hydrogen-bond donors (Lipinski definition) is 1. The Labute approximate surface area is 94.9 Å². The van der Waals surface area contributed by atoms with Crippen LogP contribution in [0.1, 0.15) is 5.56 Å². The van der Waals surface area contributed by atoms with Gasteiger partial charge in [-0.05, 0) is 35.3 Å². The maximum absolute atomic E-state index is 8.69. The topological polar surface area (TPSA) is 33.1 Å². The van der Waals surface area contributed by atoms with Gasteiger partial charge in [-0.15, -0.1) is 0 Å². The average molecular weight is 211 g/mol. The minimum absolute atomic E-state index is 0.689. The lowest BCUT2D eigenvalue weighted by Gasteiger charge is -2.06. The van der Waals surface area contributed by atoms with Crippen molar-refractivity contribution in [3.8, 4) is 11.1 Å². The predicted molar refractivity (Wildman–Crippen MR) is 65.1 cm³/mol. The van der Waals surface area contributed by atoms with Crippen LogP contribution in [0.15, 0.2) is 61.1 Å². The van der Waals surface area contributed by atoms with Gasteiger partial charge in [-0.25, -0.2) is 0 Å². The zero-order chi connectivity index (χ0) is 11.2. The number of allylic oxidation sites excluding steroid dienone is 1. The summed E-state index contributed by atoms with van der Waals surface area (Å²) in [6, 6.07) is 12.2. The van der Waals surface area contributed by atoms with Crippen molar-refractivity contribution in [2.45, 2.75) is 6.42 Å². The fourth-order valence-corrected chi connectivity index (χ4v) is 1.67. The molecule has 16 heavy (non-hydrogen) atoms. The molecule has 2 rings (SSSR count). The summed E-state index contributed by atoms with van der Waals surface area (Å²) in [4.78, 5) is 4.11. The second-order valence-corrected chi connectivity index (χ2v) is 3.49. The Morgan fingerprint density at radius 2 is 1.94 bits per heavy atom. The molecule has 0 aliphatic heterocycles. The van der Waals surface area contributed by atoms with E-state index in [1.54, 1.807) is 12.3 Å². The first-order valence-electron chi connectivity index (χ1n) is 5.19. The van der Waals surface area contributed by atoms with Crippen LogP contribution in [0.3, 0.4) is 0 Å². The summed E-state index contributed by atoms with van der Waals surface area (Å²) >= 11 is 0. The number of rotatable bonds is 3. The summed E-state index contributed by atoms with van der Waals surface area (Å²) in [6.45, 7) is 0. The van der Waals surface area contributed by atoms with Crippen molar-refractivity contribution < 1.29 is 5.11 Å². The lowest BCUT2D eigenvalue weighted by atomic mass is 10.00. The molecular weight excluding hydrogens is 198 g/mol. The molecule has 80 valence electrons. The van der Waals surface area contributed by atoms with E-state index in [1.165, 1.54) is 5.56 Å². The van der Waals surface area contributed by atoms with Gasteiger partial charge in [0.2, 0.25) is 0 Å². The maximum atomic E-state index is 8.69. The number of hydrogen-bond acceptors (Lipinski definition) is 2. The van der Waals surface area contributed by atoms with Gasteiger partial charge in [-0.3, -0.25) is 4.98 Å². The van der Waals surface area contributed by atoms with E-state index in [2.05, 4.69) is 17.1 Å². The Balaban J connectivity index is 2.40. The van der Waals surface area contributed by atoms with Gasteiger partial charge in [0.05, 0.1) is 6.26 Å². The Kier molecular flexibility index (Phi) is 3.34. The third-order valence-electron chi connectivity index (χ3n) is 2.43. The second-order valence-electron chi connectivity index (χ2n) is 3.49. The van der Waals surface area contributed by atoms with Crippen molar-refractivity contribution in [1.29, 1.82) is 0 Å². The Bertz CT molecular complexity index is 477. The van der Waals surface area contributed by atoms with Crippen LogP contribution in [0.4, 0.5) is 0 Å². The highest BCUT2D eigenvalue weighted by molar-refractivity contribution is 5.66. The molecule has 0 unspecified atom stereocenters. The summed E-state index contributed by atoms with van der Waals surface area (Å²) < 4.78 is 0. The molecule has 0 aliphatic rings. The van der Waals surface area contributed by atoms with E-state index in [9.17, 15) is 0 Å². The summed E-state index contributed by atoms with van der Waals surface area (Å²) in [5.41, 5.74) is 3.44. The van der Waals surface area contributed by atoms with Gasteiger partial charge < -0.3 is 5.11 Å². The minimum atomic E-state index is 0.689. The van der Waals surface area contributed by atoms with Gasteiger partial charge in [0.1, 0.15) is 0 Å². The lowest BCUT2D eigenvalue weighted by molar-refractivity contribution is 0.471. The molecule has 2 nitrogen and oxygen atoms in total. The highest BCUT2D eigenvalue weighted by atomic mass is 16.2. The van der Waals surface area contributed by atoms with Crippen LogP contribution >= 0.6 is 0 Å². The Morgan fingerprint density at radius 3 is 2.69 bits per heavy atom. The number of aliphatic hydroxyl groups excluding tert-OH is 1. The van der Waals surface area contributed by atoms with Crippen LogP contribution in [0.2, 0.25) is 0 Å². The van der Waals surface area contributed by atoms with E-state index < -0.39 is 0 Å². The molecule has 1 heterocycles. The van der Waals surface area contributed by atoms with E-state index in [0.717, 1.165) is 17.4 Å². The van der Waals surface area contributed by atoms with Crippen LogP contribution in [-0.2, 0) is 6.42 Å². The van der Waals surface area contributed by atoms with Crippen LogP contribution in [0.5, 0.6) is 0 Å². The van der Waals surface area contributed by atoms with Gasteiger partial charge in [0.25, 0.3) is 0 Å². The first-order valence-corrected chi connectivity index (χ1v) is 5.19. The quantitative estimate of drug-likeness (QED) is 0.789. The van der Waals surface area contributed by atoms with Gasteiger partial charge >= 0.3 is 0 Å². The SMILES string of the molecule is OC=CCc1cnccc1-c1ccccc1. The molecule has 0 bridgehead atoms. The van der Waals surface area contributed by atoms with Crippen molar-refractivity contribution in [3.63, 3.8) is 0 Å². The lowest BCUT2D eigenvalue weighted by Crippen LogP contribution is -1.89. The molecule has 2 heteroatoms. The number of aliphatic hydroxyl groups is 1. The normalized spacial score (nSPS) is 10.8. The molecule has 0 spiro atoms. The van der Waals surface area contributed by atoms with Crippen LogP contribution in [0, 0.1) is 0 Å². The van der Waals surface area contributed by atoms with Gasteiger partial charge in [0.15, 0.2) is 0 Å². The molecule has 0 aliphatic carbocycles. The molecule has 1 aromatic heterocycles. The van der Waals surface area contributed by atoms with E-state index in [-0.39, 0.29) is 0 Å². The number of aromatic nitrogens is 1. The molecule has 1 aromatic carbocycles. The standard InChI is InChI=1S/C14H13NO/c16-10-4-7-13-11-15-9-8-14(13)12-5-2-1-3-6-12/h1-6,8-11,16H,7H2. The van der Waals surface area contributed by atoms with Gasteiger partial charge in [-0.2, -0.15) is 0 Å². The highest BCUT2D eigenvalue weighted by Crippen LogP contribution is 2.22. The average Bonchev–Trinajstić information content (AvgIpc) is 2.38. The van der Waals surface area contributed by atoms with Crippen LogP contribution in [-0.4, -0.2) is 10.1 Å². The zero-order valence-corrected chi connectivity index (χ0v) is 8.88. The van der Waals surface area contributed by atoms with Crippen molar-refractivity contribution in [1.82, 2.24) is 4.98 Å². The second kappa shape index (κ2) is 5.12. The summed E-state index contributed by atoms with van der Waals surface area (Å²) in [6.07, 6.45) is 7.09. The van der Waals surface area contributed by atoms with Crippen LogP contribution < -0.4 is 0 Å². The minimum Gasteiger partial charge on any atom is -0.516 e. The fraction of sp³-hybridized carbons (Fsp3) is 0.0714. The zero-order valence-electron chi connectivity index (χ0n) is 8.88. The number of pyridine rings is 1. The van der Waals surface area contributed by atoms with Gasteiger partial charge in [-0.1, -0.05) is 30.3 Å². The summed E-state index contributed by atoms with van der Waals surface area (Å²) in [7, 11) is 0. The van der Waals surface area contributed by atoms with Crippen molar-refractivity contribution >= 4 is 0 Å². The third-order valence-corrected chi connectivity index (χ3v) is 2.43. The number of benzene rings is 1. The fourth-order valence-electron chi connectivity index (χ4n) is 1.67. The molecule has 2 aromatic rings. The van der Waals surface area contributed by atoms with E-state index in [0.29, 0.717) is 6.42 Å². The summed E-state index contributed by atoms with van der Waals surface area (Å²) in [5, 5.41) is 8.69. The smallest absolute Gasteiger partial charge is 0.0755 e. The largest absolute Gasteiger partial charge is 0.516 e. The maximum Gasteiger partial charge on any atom is 0.0755 e. The Hall–Kier alpha value is -2.09.